The SMILES string of the molecule is CC(c1ccccc1)N(Cc1nc(C(=O)NCCN(C)C)co1)Cc1ccc(F)cc1F. The summed E-state index contributed by atoms with van der Waals surface area (Å²) in [5, 5.41) is 2.80. The van der Waals surface area contributed by atoms with Crippen molar-refractivity contribution in [2.45, 2.75) is 26.1 Å². The number of nitrogens with zero attached hydrogens (tertiary/aromatic N) is 3. The van der Waals surface area contributed by atoms with Gasteiger partial charge in [-0.15, -0.1) is 0 Å². The third kappa shape index (κ3) is 6.45. The van der Waals surface area contributed by atoms with Crippen molar-refractivity contribution in [2.24, 2.45) is 0 Å². The average molecular weight is 443 g/mol. The van der Waals surface area contributed by atoms with Crippen molar-refractivity contribution in [1.82, 2.24) is 20.1 Å². The number of likely N-dealkylation sites (N-methyl/N-ethyl adjacent to an activating group) is 1. The first-order chi connectivity index (χ1) is 15.3. The number of benzene rings is 2. The van der Waals surface area contributed by atoms with Gasteiger partial charge in [-0.05, 0) is 32.6 Å². The second-order valence-corrected chi connectivity index (χ2v) is 7.91. The lowest BCUT2D eigenvalue weighted by atomic mass is 10.1. The Bertz CT molecular complexity index is 1020. The van der Waals surface area contributed by atoms with E-state index in [-0.39, 0.29) is 30.7 Å². The number of hydrogen-bond acceptors (Lipinski definition) is 5. The Morgan fingerprint density at radius 2 is 1.88 bits per heavy atom. The van der Waals surface area contributed by atoms with Crippen LogP contribution in [0.1, 0.15) is 40.5 Å². The molecule has 3 rings (SSSR count). The van der Waals surface area contributed by atoms with Gasteiger partial charge in [0, 0.05) is 37.3 Å². The first kappa shape index (κ1) is 23.6. The monoisotopic (exact) mass is 442 g/mol. The Labute approximate surface area is 186 Å². The number of amides is 1. The Morgan fingerprint density at radius 3 is 2.56 bits per heavy atom. The van der Waals surface area contributed by atoms with Crippen LogP contribution in [0.5, 0.6) is 0 Å². The van der Waals surface area contributed by atoms with Gasteiger partial charge in [-0.25, -0.2) is 13.8 Å². The van der Waals surface area contributed by atoms with Gasteiger partial charge in [0.1, 0.15) is 17.9 Å². The van der Waals surface area contributed by atoms with Gasteiger partial charge in [-0.1, -0.05) is 36.4 Å². The topological polar surface area (TPSA) is 61.6 Å². The van der Waals surface area contributed by atoms with Crippen molar-refractivity contribution in [3.05, 3.63) is 89.1 Å². The van der Waals surface area contributed by atoms with Crippen LogP contribution in [-0.4, -0.2) is 47.9 Å². The van der Waals surface area contributed by atoms with E-state index in [1.807, 2.05) is 61.2 Å². The van der Waals surface area contributed by atoms with Crippen LogP contribution in [0.15, 0.2) is 59.2 Å². The van der Waals surface area contributed by atoms with Gasteiger partial charge >= 0.3 is 0 Å². The summed E-state index contributed by atoms with van der Waals surface area (Å²) in [6, 6.07) is 13.2. The van der Waals surface area contributed by atoms with Gasteiger partial charge in [0.15, 0.2) is 5.69 Å². The zero-order valence-corrected chi connectivity index (χ0v) is 18.5. The molecule has 170 valence electrons. The predicted molar refractivity (Wildman–Crippen MR) is 118 cm³/mol. The van der Waals surface area contributed by atoms with Crippen LogP contribution in [0.3, 0.4) is 0 Å². The molecule has 8 heteroatoms. The molecule has 0 spiro atoms. The summed E-state index contributed by atoms with van der Waals surface area (Å²) in [7, 11) is 3.85. The maximum absolute atomic E-state index is 14.3. The lowest BCUT2D eigenvalue weighted by Crippen LogP contribution is -2.31. The summed E-state index contributed by atoms with van der Waals surface area (Å²) >= 11 is 0. The van der Waals surface area contributed by atoms with Crippen LogP contribution in [0.25, 0.3) is 0 Å². The molecular weight excluding hydrogens is 414 g/mol. The number of halogens is 2. The quantitative estimate of drug-likeness (QED) is 0.514. The molecule has 1 N–H and O–H groups in total. The smallest absolute Gasteiger partial charge is 0.273 e. The van der Waals surface area contributed by atoms with Crippen molar-refractivity contribution in [3.63, 3.8) is 0 Å². The van der Waals surface area contributed by atoms with E-state index in [0.29, 0.717) is 24.5 Å². The Balaban J connectivity index is 1.77. The number of rotatable bonds is 10. The number of oxazole rings is 1. The molecule has 1 atom stereocenters. The molecule has 1 heterocycles. The summed E-state index contributed by atoms with van der Waals surface area (Å²) in [6.45, 7) is 3.67. The van der Waals surface area contributed by atoms with E-state index >= 15 is 0 Å². The van der Waals surface area contributed by atoms with Crippen molar-refractivity contribution >= 4 is 5.91 Å². The van der Waals surface area contributed by atoms with E-state index in [1.165, 1.54) is 18.4 Å². The number of aromatic nitrogens is 1. The zero-order valence-electron chi connectivity index (χ0n) is 18.5. The molecule has 0 aliphatic carbocycles. The lowest BCUT2D eigenvalue weighted by molar-refractivity contribution is 0.0946. The summed E-state index contributed by atoms with van der Waals surface area (Å²) in [4.78, 5) is 20.5. The minimum atomic E-state index is -0.619. The normalized spacial score (nSPS) is 12.3. The maximum atomic E-state index is 14.3. The van der Waals surface area contributed by atoms with Crippen molar-refractivity contribution in [2.75, 3.05) is 27.2 Å². The highest BCUT2D eigenvalue weighted by Crippen LogP contribution is 2.25. The van der Waals surface area contributed by atoms with Crippen LogP contribution < -0.4 is 5.32 Å². The highest BCUT2D eigenvalue weighted by atomic mass is 19.1. The average Bonchev–Trinajstić information content (AvgIpc) is 3.23. The highest BCUT2D eigenvalue weighted by Gasteiger charge is 2.21. The zero-order chi connectivity index (χ0) is 23.1. The molecule has 2 aromatic carbocycles. The van der Waals surface area contributed by atoms with Crippen LogP contribution in [-0.2, 0) is 13.1 Å². The first-order valence-corrected chi connectivity index (χ1v) is 10.4. The largest absolute Gasteiger partial charge is 0.447 e. The first-order valence-electron chi connectivity index (χ1n) is 10.4. The molecule has 0 aliphatic rings. The number of nitrogens with one attached hydrogen (secondary N) is 1. The van der Waals surface area contributed by atoms with Crippen molar-refractivity contribution < 1.29 is 18.0 Å². The van der Waals surface area contributed by atoms with Crippen molar-refractivity contribution in [3.8, 4) is 0 Å². The fourth-order valence-electron chi connectivity index (χ4n) is 3.29. The maximum Gasteiger partial charge on any atom is 0.273 e. The Hall–Kier alpha value is -3.10. The molecule has 6 nitrogen and oxygen atoms in total. The van der Waals surface area contributed by atoms with Crippen LogP contribution in [0, 0.1) is 11.6 Å². The van der Waals surface area contributed by atoms with Crippen LogP contribution >= 0.6 is 0 Å². The molecule has 32 heavy (non-hydrogen) atoms. The van der Waals surface area contributed by atoms with Gasteiger partial charge in [0.2, 0.25) is 5.89 Å². The second-order valence-electron chi connectivity index (χ2n) is 7.91. The minimum Gasteiger partial charge on any atom is -0.447 e. The molecule has 1 aromatic heterocycles. The number of carbonyl (C=O) groups excluding carboxylic acids is 1. The fraction of sp³-hybridized carbons (Fsp3) is 0.333. The van der Waals surface area contributed by atoms with E-state index < -0.39 is 11.6 Å². The summed E-state index contributed by atoms with van der Waals surface area (Å²) < 4.78 is 33.2. The third-order valence-corrected chi connectivity index (χ3v) is 5.19. The molecule has 0 aliphatic heterocycles. The van der Waals surface area contributed by atoms with E-state index in [4.69, 9.17) is 4.42 Å². The molecule has 1 unspecified atom stereocenters. The molecule has 0 bridgehead atoms. The predicted octanol–water partition coefficient (Wildman–Crippen LogP) is 4.01. The van der Waals surface area contributed by atoms with E-state index in [1.54, 1.807) is 0 Å². The molecule has 0 saturated heterocycles. The molecule has 3 aromatic rings. The Morgan fingerprint density at radius 1 is 1.12 bits per heavy atom. The fourth-order valence-corrected chi connectivity index (χ4v) is 3.29. The summed E-state index contributed by atoms with van der Waals surface area (Å²) in [5.74, 6) is -1.20. The van der Waals surface area contributed by atoms with E-state index in [2.05, 4.69) is 10.3 Å². The molecule has 0 radical (unpaired) electrons. The molecular formula is C24H28F2N4O2. The highest BCUT2D eigenvalue weighted by molar-refractivity contribution is 5.91. The summed E-state index contributed by atoms with van der Waals surface area (Å²) in [6.07, 6.45) is 1.32. The molecule has 0 saturated carbocycles. The van der Waals surface area contributed by atoms with Gasteiger partial charge < -0.3 is 14.6 Å². The van der Waals surface area contributed by atoms with Gasteiger partial charge in [0.25, 0.3) is 5.91 Å². The van der Waals surface area contributed by atoms with E-state index in [9.17, 15) is 13.6 Å². The van der Waals surface area contributed by atoms with Crippen molar-refractivity contribution in [1.29, 1.82) is 0 Å². The van der Waals surface area contributed by atoms with Crippen LogP contribution in [0.4, 0.5) is 8.78 Å². The Kier molecular flexibility index (Phi) is 8.08. The number of hydrogen-bond donors (Lipinski definition) is 1. The van der Waals surface area contributed by atoms with Gasteiger partial charge in [0.05, 0.1) is 6.54 Å². The van der Waals surface area contributed by atoms with Crippen LogP contribution in [0.2, 0.25) is 0 Å². The van der Waals surface area contributed by atoms with E-state index in [0.717, 1.165) is 11.6 Å². The third-order valence-electron chi connectivity index (χ3n) is 5.19. The second kappa shape index (κ2) is 11.0. The standard InChI is InChI=1S/C24H28F2N4O2/c1-17(18-7-5-4-6-8-18)30(14-19-9-10-20(25)13-21(19)26)15-23-28-22(16-32-23)24(31)27-11-12-29(2)3/h4-10,13,16-17H,11-12,14-15H2,1-3H3,(H,27,31). The summed E-state index contributed by atoms with van der Waals surface area (Å²) in [5.41, 5.74) is 1.59. The molecule has 1 amide bonds. The van der Waals surface area contributed by atoms with Gasteiger partial charge in [-0.2, -0.15) is 0 Å². The number of carbonyl (C=O) groups is 1. The minimum absolute atomic E-state index is 0.107. The van der Waals surface area contributed by atoms with Gasteiger partial charge in [-0.3, -0.25) is 9.69 Å². The molecule has 0 fully saturated rings. The lowest BCUT2D eigenvalue weighted by Gasteiger charge is -2.28.